The fraction of sp³-hybridized carbons (Fsp3) is 0.368. The number of urea groups is 1. The molecule has 0 saturated carbocycles. The maximum Gasteiger partial charge on any atom is 0.333 e. The molecule has 0 bridgehead atoms. The fourth-order valence-corrected chi connectivity index (χ4v) is 1.92. The molecule has 1 aromatic carbocycles. The maximum absolute atomic E-state index is 11.8. The molecule has 9 heteroatoms. The van der Waals surface area contributed by atoms with Crippen molar-refractivity contribution in [2.75, 3.05) is 25.6 Å². The van der Waals surface area contributed by atoms with Gasteiger partial charge in [-0.3, -0.25) is 9.59 Å². The molecule has 152 valence electrons. The summed E-state index contributed by atoms with van der Waals surface area (Å²) in [6.45, 7) is 5.52. The zero-order chi connectivity index (χ0) is 20.9. The number of hydrogen-bond acceptors (Lipinski definition) is 6. The highest BCUT2D eigenvalue weighted by Gasteiger charge is 2.07. The number of esters is 2. The number of carbonyl (C=O) groups is 4. The number of rotatable bonds is 10. The number of ether oxygens (including phenoxy) is 2. The van der Waals surface area contributed by atoms with E-state index in [1.165, 1.54) is 7.11 Å². The first-order chi connectivity index (χ1) is 13.3. The SMILES string of the molecule is C=C(C)C(=O)OCCNC(=O)Nc1ccc(CNC(=O)CCC(=O)OC)cc1. The average molecular weight is 391 g/mol. The first kappa shape index (κ1) is 22.7. The molecule has 3 amide bonds. The number of hydrogen-bond donors (Lipinski definition) is 3. The molecule has 3 N–H and O–H groups in total. The molecule has 1 aromatic rings. The highest BCUT2D eigenvalue weighted by molar-refractivity contribution is 5.89. The topological polar surface area (TPSA) is 123 Å². The third-order valence-corrected chi connectivity index (χ3v) is 3.45. The van der Waals surface area contributed by atoms with Gasteiger partial charge >= 0.3 is 18.0 Å². The van der Waals surface area contributed by atoms with Crippen LogP contribution >= 0.6 is 0 Å². The number of amides is 3. The highest BCUT2D eigenvalue weighted by atomic mass is 16.5. The highest BCUT2D eigenvalue weighted by Crippen LogP contribution is 2.09. The first-order valence-corrected chi connectivity index (χ1v) is 8.61. The molecule has 0 aliphatic rings. The summed E-state index contributed by atoms with van der Waals surface area (Å²) >= 11 is 0. The minimum absolute atomic E-state index is 0.0344. The van der Waals surface area contributed by atoms with E-state index in [1.54, 1.807) is 31.2 Å². The van der Waals surface area contributed by atoms with Gasteiger partial charge in [-0.2, -0.15) is 0 Å². The van der Waals surface area contributed by atoms with Crippen LogP contribution in [0.2, 0.25) is 0 Å². The molecule has 0 fully saturated rings. The molecule has 0 aromatic heterocycles. The summed E-state index contributed by atoms with van der Waals surface area (Å²) in [7, 11) is 1.27. The van der Waals surface area contributed by atoms with E-state index in [4.69, 9.17) is 4.74 Å². The van der Waals surface area contributed by atoms with Crippen LogP contribution in [0.15, 0.2) is 36.4 Å². The molecule has 0 atom stereocenters. The molecule has 0 spiro atoms. The summed E-state index contributed by atoms with van der Waals surface area (Å²) in [6.07, 6.45) is 0.0981. The van der Waals surface area contributed by atoms with Crippen LogP contribution < -0.4 is 16.0 Å². The van der Waals surface area contributed by atoms with Gasteiger partial charge in [0.05, 0.1) is 20.1 Å². The van der Waals surface area contributed by atoms with E-state index in [1.807, 2.05) is 0 Å². The van der Waals surface area contributed by atoms with Gasteiger partial charge in [0, 0.05) is 24.2 Å². The van der Waals surface area contributed by atoms with E-state index >= 15 is 0 Å². The van der Waals surface area contributed by atoms with E-state index in [-0.39, 0.29) is 31.9 Å². The zero-order valence-corrected chi connectivity index (χ0v) is 16.0. The van der Waals surface area contributed by atoms with Gasteiger partial charge in [0.25, 0.3) is 0 Å². The van der Waals surface area contributed by atoms with Crippen molar-refractivity contribution in [3.8, 4) is 0 Å². The summed E-state index contributed by atoms with van der Waals surface area (Å²) in [5.41, 5.74) is 1.70. The van der Waals surface area contributed by atoms with Gasteiger partial charge in [-0.15, -0.1) is 0 Å². The van der Waals surface area contributed by atoms with Gasteiger partial charge in [0.1, 0.15) is 6.61 Å². The molecular weight excluding hydrogens is 366 g/mol. The molecule has 0 unspecified atom stereocenters. The van der Waals surface area contributed by atoms with E-state index in [0.717, 1.165) is 5.56 Å². The lowest BCUT2D eigenvalue weighted by Crippen LogP contribution is -2.32. The Bertz CT molecular complexity index is 715. The van der Waals surface area contributed by atoms with Crippen LogP contribution in [0.4, 0.5) is 10.5 Å². The molecule has 0 aliphatic carbocycles. The number of anilines is 1. The number of methoxy groups -OCH3 is 1. The molecular formula is C19H25N3O6. The average Bonchev–Trinajstić information content (AvgIpc) is 2.68. The van der Waals surface area contributed by atoms with E-state index in [2.05, 4.69) is 27.3 Å². The predicted octanol–water partition coefficient (Wildman–Crippen LogP) is 1.50. The van der Waals surface area contributed by atoms with Crippen molar-refractivity contribution in [3.05, 3.63) is 42.0 Å². The normalized spacial score (nSPS) is 9.79. The summed E-state index contributed by atoms with van der Waals surface area (Å²) in [4.78, 5) is 45.6. The van der Waals surface area contributed by atoms with Crippen LogP contribution in [-0.2, 0) is 30.4 Å². The van der Waals surface area contributed by atoms with E-state index in [9.17, 15) is 19.2 Å². The van der Waals surface area contributed by atoms with Crippen molar-refractivity contribution in [3.63, 3.8) is 0 Å². The molecule has 0 saturated heterocycles. The van der Waals surface area contributed by atoms with Crippen molar-refractivity contribution in [2.24, 2.45) is 0 Å². The third-order valence-electron chi connectivity index (χ3n) is 3.45. The van der Waals surface area contributed by atoms with Crippen LogP contribution in [0.5, 0.6) is 0 Å². The molecule has 9 nitrogen and oxygen atoms in total. The fourth-order valence-electron chi connectivity index (χ4n) is 1.92. The Balaban J connectivity index is 2.29. The molecule has 28 heavy (non-hydrogen) atoms. The first-order valence-electron chi connectivity index (χ1n) is 8.61. The minimum Gasteiger partial charge on any atom is -0.469 e. The summed E-state index contributed by atoms with van der Waals surface area (Å²) in [5, 5.41) is 7.89. The van der Waals surface area contributed by atoms with Gasteiger partial charge in [-0.05, 0) is 24.6 Å². The van der Waals surface area contributed by atoms with Crippen molar-refractivity contribution in [1.82, 2.24) is 10.6 Å². The van der Waals surface area contributed by atoms with Gasteiger partial charge in [-0.25, -0.2) is 9.59 Å². The lowest BCUT2D eigenvalue weighted by Gasteiger charge is -2.09. The van der Waals surface area contributed by atoms with Gasteiger partial charge in [0.15, 0.2) is 0 Å². The largest absolute Gasteiger partial charge is 0.469 e. The second kappa shape index (κ2) is 12.1. The Hall–Kier alpha value is -3.36. The Labute approximate surface area is 163 Å². The summed E-state index contributed by atoms with van der Waals surface area (Å²) in [5.74, 6) is -1.19. The standard InChI is InChI=1S/C19H25N3O6/c1-13(2)18(25)28-11-10-20-19(26)22-15-6-4-14(5-7-15)12-21-16(23)8-9-17(24)27-3/h4-7H,1,8-12H2,2-3H3,(H,21,23)(H2,20,22,26). The molecule has 1 rings (SSSR count). The monoisotopic (exact) mass is 391 g/mol. The lowest BCUT2D eigenvalue weighted by atomic mass is 10.2. The second-order valence-corrected chi connectivity index (χ2v) is 5.85. The predicted molar refractivity (Wildman–Crippen MR) is 102 cm³/mol. The summed E-state index contributed by atoms with van der Waals surface area (Å²) in [6, 6.07) is 6.46. The smallest absolute Gasteiger partial charge is 0.333 e. The van der Waals surface area contributed by atoms with Gasteiger partial charge < -0.3 is 25.4 Å². The van der Waals surface area contributed by atoms with E-state index < -0.39 is 18.0 Å². The Kier molecular flexibility index (Phi) is 9.80. The Morgan fingerprint density at radius 1 is 1.04 bits per heavy atom. The van der Waals surface area contributed by atoms with Crippen molar-refractivity contribution < 1.29 is 28.7 Å². The molecule has 0 heterocycles. The van der Waals surface area contributed by atoms with Crippen LogP contribution in [-0.4, -0.2) is 44.1 Å². The van der Waals surface area contributed by atoms with Crippen LogP contribution in [0, 0.1) is 0 Å². The van der Waals surface area contributed by atoms with Crippen LogP contribution in [0.3, 0.4) is 0 Å². The van der Waals surface area contributed by atoms with Crippen molar-refractivity contribution in [1.29, 1.82) is 0 Å². The number of carbonyl (C=O) groups excluding carboxylic acids is 4. The van der Waals surface area contributed by atoms with Gasteiger partial charge in [0.2, 0.25) is 5.91 Å². The summed E-state index contributed by atoms with van der Waals surface area (Å²) < 4.78 is 9.34. The lowest BCUT2D eigenvalue weighted by molar-refractivity contribution is -0.142. The molecule has 0 radical (unpaired) electrons. The number of benzene rings is 1. The minimum atomic E-state index is -0.504. The Morgan fingerprint density at radius 2 is 1.71 bits per heavy atom. The Morgan fingerprint density at radius 3 is 2.32 bits per heavy atom. The van der Waals surface area contributed by atoms with Gasteiger partial charge in [-0.1, -0.05) is 18.7 Å². The van der Waals surface area contributed by atoms with Crippen molar-refractivity contribution >= 4 is 29.6 Å². The third kappa shape index (κ3) is 9.37. The number of nitrogens with one attached hydrogen (secondary N) is 3. The second-order valence-electron chi connectivity index (χ2n) is 5.85. The maximum atomic E-state index is 11.8. The van der Waals surface area contributed by atoms with Crippen LogP contribution in [0.25, 0.3) is 0 Å². The van der Waals surface area contributed by atoms with Crippen molar-refractivity contribution in [2.45, 2.75) is 26.3 Å². The van der Waals surface area contributed by atoms with E-state index in [0.29, 0.717) is 17.8 Å². The van der Waals surface area contributed by atoms with Crippen LogP contribution in [0.1, 0.15) is 25.3 Å². The quantitative estimate of drug-likeness (QED) is 0.316. The zero-order valence-electron chi connectivity index (χ0n) is 16.0. The molecule has 0 aliphatic heterocycles.